The summed E-state index contributed by atoms with van der Waals surface area (Å²) in [5.41, 5.74) is 0. The van der Waals surface area contributed by atoms with Crippen LogP contribution in [0.25, 0.3) is 0 Å². The molecule has 1 aliphatic carbocycles. The van der Waals surface area contributed by atoms with Crippen LogP contribution >= 0.6 is 0 Å². The minimum Gasteiger partial charge on any atom is -0.370 e. The molecule has 1 aliphatic rings. The van der Waals surface area contributed by atoms with Gasteiger partial charge in [0, 0.05) is 13.0 Å². The Hall–Kier alpha value is -0.940. The van der Waals surface area contributed by atoms with E-state index in [1.165, 1.54) is 12.8 Å². The second-order valence-electron chi connectivity index (χ2n) is 4.30. The van der Waals surface area contributed by atoms with Crippen LogP contribution in [-0.4, -0.2) is 29.3 Å². The maximum absolute atomic E-state index is 5.76. The Morgan fingerprint density at radius 3 is 2.69 bits per heavy atom. The Bertz CT molecular complexity index is 319. The largest absolute Gasteiger partial charge is 0.370 e. The third-order valence-corrected chi connectivity index (χ3v) is 3.10. The molecule has 0 atom stereocenters. The third kappa shape index (κ3) is 3.02. The minimum atomic E-state index is 0.350. The lowest BCUT2D eigenvalue weighted by Crippen LogP contribution is -2.32. The predicted octanol–water partition coefficient (Wildman–Crippen LogP) is 1.43. The topological polar surface area (TPSA) is 60.2 Å². The van der Waals surface area contributed by atoms with Gasteiger partial charge in [-0.05, 0) is 32.7 Å². The van der Waals surface area contributed by atoms with Gasteiger partial charge in [-0.2, -0.15) is 4.98 Å². The molecule has 0 aliphatic heterocycles. The van der Waals surface area contributed by atoms with E-state index in [9.17, 15) is 0 Å². The van der Waals surface area contributed by atoms with E-state index in [4.69, 9.17) is 9.26 Å². The fourth-order valence-electron chi connectivity index (χ4n) is 2.11. The lowest BCUT2D eigenvalue weighted by atomic mass is 9.93. The second kappa shape index (κ2) is 5.41. The number of rotatable bonds is 4. The van der Waals surface area contributed by atoms with E-state index in [-0.39, 0.29) is 0 Å². The molecule has 1 N–H and O–H groups in total. The summed E-state index contributed by atoms with van der Waals surface area (Å²) in [6, 6.07) is 0.660. The second-order valence-corrected chi connectivity index (χ2v) is 4.30. The first-order valence-corrected chi connectivity index (χ1v) is 5.86. The fourth-order valence-corrected chi connectivity index (χ4v) is 2.11. The molecule has 0 bridgehead atoms. The molecule has 2 rings (SSSR count). The number of ether oxygens (including phenoxy) is 1. The zero-order valence-corrected chi connectivity index (χ0v) is 9.90. The van der Waals surface area contributed by atoms with Crippen molar-refractivity contribution in [2.24, 2.45) is 0 Å². The highest BCUT2D eigenvalue weighted by Crippen LogP contribution is 2.21. The van der Waals surface area contributed by atoms with Crippen LogP contribution in [0, 0.1) is 6.92 Å². The molecule has 1 aromatic heterocycles. The number of hydrogen-bond acceptors (Lipinski definition) is 5. The highest BCUT2D eigenvalue weighted by Gasteiger charge is 2.20. The van der Waals surface area contributed by atoms with Gasteiger partial charge in [0.15, 0.2) is 5.82 Å². The average Bonchev–Trinajstić information content (AvgIpc) is 2.73. The van der Waals surface area contributed by atoms with Gasteiger partial charge >= 0.3 is 0 Å². The van der Waals surface area contributed by atoms with E-state index in [1.54, 1.807) is 6.92 Å². The molecule has 0 amide bonds. The van der Waals surface area contributed by atoms with Gasteiger partial charge in [-0.3, -0.25) is 0 Å². The maximum atomic E-state index is 5.76. The average molecular weight is 225 g/mol. The van der Waals surface area contributed by atoms with E-state index in [0.29, 0.717) is 30.5 Å². The van der Waals surface area contributed by atoms with E-state index in [2.05, 4.69) is 15.5 Å². The number of hydrogen-bond donors (Lipinski definition) is 1. The number of aromatic nitrogens is 2. The van der Waals surface area contributed by atoms with E-state index >= 15 is 0 Å². The summed E-state index contributed by atoms with van der Waals surface area (Å²) in [6.07, 6.45) is 4.95. The smallest absolute Gasteiger partial charge is 0.223 e. The molecule has 1 heterocycles. The Balaban J connectivity index is 1.71. The highest BCUT2D eigenvalue weighted by atomic mass is 16.5. The van der Waals surface area contributed by atoms with Gasteiger partial charge in [0.25, 0.3) is 0 Å². The van der Waals surface area contributed by atoms with Crippen molar-refractivity contribution in [3.05, 3.63) is 11.7 Å². The molecule has 0 spiro atoms. The Morgan fingerprint density at radius 2 is 2.12 bits per heavy atom. The monoisotopic (exact) mass is 225 g/mol. The van der Waals surface area contributed by atoms with Crippen LogP contribution < -0.4 is 5.32 Å². The van der Waals surface area contributed by atoms with Crippen molar-refractivity contribution >= 4 is 0 Å². The first kappa shape index (κ1) is 11.5. The van der Waals surface area contributed by atoms with Gasteiger partial charge in [-0.25, -0.2) is 0 Å². The van der Waals surface area contributed by atoms with E-state index in [1.807, 2.05) is 7.05 Å². The zero-order chi connectivity index (χ0) is 11.4. The van der Waals surface area contributed by atoms with Crippen LogP contribution in [0.15, 0.2) is 4.52 Å². The van der Waals surface area contributed by atoms with Crippen LogP contribution in [0.4, 0.5) is 0 Å². The molecule has 0 unspecified atom stereocenters. The summed E-state index contributed by atoms with van der Waals surface area (Å²) in [7, 11) is 2.02. The molecule has 1 saturated carbocycles. The van der Waals surface area contributed by atoms with Gasteiger partial charge < -0.3 is 14.6 Å². The molecule has 0 radical (unpaired) electrons. The molecule has 0 aromatic carbocycles. The lowest BCUT2D eigenvalue weighted by Gasteiger charge is -2.27. The van der Waals surface area contributed by atoms with Gasteiger partial charge in [0.2, 0.25) is 5.89 Å². The number of nitrogens with zero attached hydrogens (tertiary/aromatic N) is 2. The molecule has 90 valence electrons. The normalized spacial score (nSPS) is 25.9. The van der Waals surface area contributed by atoms with E-state index in [0.717, 1.165) is 12.8 Å². The Kier molecular flexibility index (Phi) is 3.90. The first-order chi connectivity index (χ1) is 7.78. The van der Waals surface area contributed by atoms with Crippen molar-refractivity contribution in [3.8, 4) is 0 Å². The Labute approximate surface area is 95.6 Å². The van der Waals surface area contributed by atoms with Crippen LogP contribution in [0.3, 0.4) is 0 Å². The number of aryl methyl sites for hydroxylation is 1. The molecular formula is C11H19N3O2. The lowest BCUT2D eigenvalue weighted by molar-refractivity contribution is 0.00793. The molecule has 16 heavy (non-hydrogen) atoms. The van der Waals surface area contributed by atoms with Gasteiger partial charge in [0.1, 0.15) is 6.61 Å². The molecule has 0 saturated heterocycles. The number of nitrogens with one attached hydrogen (secondary N) is 1. The van der Waals surface area contributed by atoms with Gasteiger partial charge in [-0.1, -0.05) is 5.16 Å². The fraction of sp³-hybridized carbons (Fsp3) is 0.818. The highest BCUT2D eigenvalue weighted by molar-refractivity contribution is 4.82. The quantitative estimate of drug-likeness (QED) is 0.839. The maximum Gasteiger partial charge on any atom is 0.223 e. The van der Waals surface area contributed by atoms with Crippen molar-refractivity contribution in [1.82, 2.24) is 15.5 Å². The zero-order valence-electron chi connectivity index (χ0n) is 9.90. The van der Waals surface area contributed by atoms with Crippen molar-refractivity contribution in [3.63, 3.8) is 0 Å². The summed E-state index contributed by atoms with van der Waals surface area (Å²) < 4.78 is 10.7. The van der Waals surface area contributed by atoms with Crippen LogP contribution in [0.5, 0.6) is 0 Å². The van der Waals surface area contributed by atoms with Gasteiger partial charge in [0.05, 0.1) is 6.10 Å². The third-order valence-electron chi connectivity index (χ3n) is 3.10. The van der Waals surface area contributed by atoms with E-state index < -0.39 is 0 Å². The molecular weight excluding hydrogens is 206 g/mol. The molecule has 1 aromatic rings. The first-order valence-electron chi connectivity index (χ1n) is 5.86. The summed E-state index contributed by atoms with van der Waals surface area (Å²) in [6.45, 7) is 2.25. The van der Waals surface area contributed by atoms with Crippen molar-refractivity contribution in [2.75, 3.05) is 7.05 Å². The van der Waals surface area contributed by atoms with Crippen molar-refractivity contribution in [2.45, 2.75) is 51.4 Å². The van der Waals surface area contributed by atoms with Crippen LogP contribution in [0.2, 0.25) is 0 Å². The summed E-state index contributed by atoms with van der Waals surface area (Å²) >= 11 is 0. The van der Waals surface area contributed by atoms with Crippen molar-refractivity contribution < 1.29 is 9.26 Å². The molecule has 5 nitrogen and oxygen atoms in total. The van der Waals surface area contributed by atoms with Crippen LogP contribution in [-0.2, 0) is 11.3 Å². The van der Waals surface area contributed by atoms with Gasteiger partial charge in [-0.15, -0.1) is 0 Å². The standard InChI is InChI=1S/C11H19N3O2/c1-8-13-11(14-16-8)7-15-10-5-3-9(12-2)4-6-10/h9-10,12H,3-7H2,1-2H3. The predicted molar refractivity (Wildman–Crippen MR) is 58.9 cm³/mol. The molecule has 1 fully saturated rings. The Morgan fingerprint density at radius 1 is 1.38 bits per heavy atom. The SMILES string of the molecule is CNC1CCC(OCc2noc(C)n2)CC1. The van der Waals surface area contributed by atoms with Crippen LogP contribution in [0.1, 0.15) is 37.4 Å². The minimum absolute atomic E-state index is 0.350. The summed E-state index contributed by atoms with van der Waals surface area (Å²) in [5.74, 6) is 1.24. The van der Waals surface area contributed by atoms with Crippen molar-refractivity contribution in [1.29, 1.82) is 0 Å². The molecule has 5 heteroatoms. The summed E-state index contributed by atoms with van der Waals surface area (Å²) in [5, 5.41) is 7.11. The summed E-state index contributed by atoms with van der Waals surface area (Å²) in [4.78, 5) is 4.11.